The van der Waals surface area contributed by atoms with Gasteiger partial charge in [-0.15, -0.1) is 11.3 Å². The Balaban J connectivity index is 1.76. The Hall–Kier alpha value is -3.30. The van der Waals surface area contributed by atoms with Crippen LogP contribution >= 0.6 is 27.3 Å². The minimum atomic E-state index is -0.731. The Morgan fingerprint density at radius 2 is 1.87 bits per heavy atom. The average molecular weight is 497 g/mol. The van der Waals surface area contributed by atoms with Crippen molar-refractivity contribution in [2.24, 2.45) is 4.99 Å². The molecule has 4 aromatic rings. The highest BCUT2D eigenvalue weighted by atomic mass is 79.9. The number of nitrogens with one attached hydrogen (secondary N) is 1. The van der Waals surface area contributed by atoms with Crippen molar-refractivity contribution in [1.29, 1.82) is 0 Å². The fourth-order valence-electron chi connectivity index (χ4n) is 3.08. The molecular weight excluding hydrogens is 480 g/mol. The quantitative estimate of drug-likeness (QED) is 0.406. The Bertz CT molecular complexity index is 1420. The molecule has 2 heterocycles. The lowest BCUT2D eigenvalue weighted by Gasteiger charge is -2.14. The van der Waals surface area contributed by atoms with Crippen LogP contribution in [0, 0.1) is 13.8 Å². The molecule has 0 aliphatic rings. The van der Waals surface area contributed by atoms with E-state index >= 15 is 0 Å². The molecule has 156 valence electrons. The maximum Gasteiger partial charge on any atom is 0.335 e. The van der Waals surface area contributed by atoms with Gasteiger partial charge in [0.05, 0.1) is 11.4 Å². The summed E-state index contributed by atoms with van der Waals surface area (Å²) in [4.78, 5) is 35.8. The van der Waals surface area contributed by atoms with Crippen molar-refractivity contribution in [2.75, 3.05) is 0 Å². The summed E-state index contributed by atoms with van der Waals surface area (Å²) in [6, 6.07) is 13.1. The van der Waals surface area contributed by atoms with Crippen molar-refractivity contribution >= 4 is 38.6 Å². The summed E-state index contributed by atoms with van der Waals surface area (Å²) in [5, 5.41) is 13.1. The predicted octanol–water partition coefficient (Wildman–Crippen LogP) is 4.48. The molecule has 9 heteroatoms. The fraction of sp³-hybridized carbons (Fsp3) is 0.0909. The van der Waals surface area contributed by atoms with Gasteiger partial charge in [-0.3, -0.25) is 9.78 Å². The van der Waals surface area contributed by atoms with E-state index in [-0.39, 0.29) is 5.56 Å². The number of aromatic hydroxyl groups is 1. The minimum Gasteiger partial charge on any atom is -0.493 e. The van der Waals surface area contributed by atoms with Crippen LogP contribution in [0.15, 0.2) is 66.9 Å². The van der Waals surface area contributed by atoms with E-state index in [0.29, 0.717) is 10.8 Å². The van der Waals surface area contributed by atoms with Gasteiger partial charge in [-0.25, -0.2) is 19.3 Å². The molecule has 0 atom stereocenters. The SMILES string of the molecule is Cc1c(Br)ccc(-n2c(O)c(C=Nc3nc(-c4ccccc4)cs3)c(=O)[nH]c2=O)c1C. The lowest BCUT2D eigenvalue weighted by atomic mass is 10.1. The van der Waals surface area contributed by atoms with Crippen LogP contribution in [0.3, 0.4) is 0 Å². The summed E-state index contributed by atoms with van der Waals surface area (Å²) in [5.74, 6) is -0.484. The molecular formula is C22H17BrN4O3S. The average Bonchev–Trinajstić information content (AvgIpc) is 3.23. The van der Waals surface area contributed by atoms with Crippen LogP contribution in [-0.4, -0.2) is 25.9 Å². The van der Waals surface area contributed by atoms with Crippen molar-refractivity contribution in [1.82, 2.24) is 14.5 Å². The van der Waals surface area contributed by atoms with Crippen LogP contribution < -0.4 is 11.2 Å². The van der Waals surface area contributed by atoms with Crippen molar-refractivity contribution in [3.8, 4) is 22.8 Å². The number of hydrogen-bond acceptors (Lipinski definition) is 6. The van der Waals surface area contributed by atoms with Crippen LogP contribution in [0.1, 0.15) is 16.7 Å². The highest BCUT2D eigenvalue weighted by molar-refractivity contribution is 9.10. The Kier molecular flexibility index (Phi) is 5.71. The summed E-state index contributed by atoms with van der Waals surface area (Å²) in [7, 11) is 0. The molecule has 0 saturated heterocycles. The number of nitrogens with zero attached hydrogens (tertiary/aromatic N) is 3. The second kappa shape index (κ2) is 8.44. The molecule has 0 aliphatic carbocycles. The largest absolute Gasteiger partial charge is 0.493 e. The number of thiazole rings is 1. The van der Waals surface area contributed by atoms with Gasteiger partial charge in [-0.2, -0.15) is 0 Å². The zero-order valence-corrected chi connectivity index (χ0v) is 19.0. The van der Waals surface area contributed by atoms with Gasteiger partial charge in [0, 0.05) is 21.6 Å². The number of benzene rings is 2. The second-order valence-corrected chi connectivity index (χ2v) is 8.48. The summed E-state index contributed by atoms with van der Waals surface area (Å²) < 4.78 is 1.94. The molecule has 0 aliphatic heterocycles. The highest BCUT2D eigenvalue weighted by Crippen LogP contribution is 2.28. The van der Waals surface area contributed by atoms with Gasteiger partial charge in [-0.05, 0) is 37.1 Å². The monoisotopic (exact) mass is 496 g/mol. The van der Waals surface area contributed by atoms with E-state index in [1.165, 1.54) is 17.6 Å². The van der Waals surface area contributed by atoms with Gasteiger partial charge < -0.3 is 5.11 Å². The molecule has 2 aromatic heterocycles. The number of hydrogen-bond donors (Lipinski definition) is 2. The van der Waals surface area contributed by atoms with Gasteiger partial charge in [0.25, 0.3) is 5.56 Å². The van der Waals surface area contributed by atoms with Crippen molar-refractivity contribution < 1.29 is 5.11 Å². The van der Waals surface area contributed by atoms with E-state index in [1.54, 1.807) is 12.1 Å². The molecule has 0 spiro atoms. The van der Waals surface area contributed by atoms with Gasteiger partial charge in [0.15, 0.2) is 0 Å². The number of rotatable bonds is 4. The third-order valence-corrected chi connectivity index (χ3v) is 6.53. The van der Waals surface area contributed by atoms with Gasteiger partial charge in [-0.1, -0.05) is 46.3 Å². The standard InChI is InChI=1S/C22H17BrN4O3S/c1-12-13(2)18(9-8-16(12)23)27-20(29)15(19(28)26-22(27)30)10-24-21-25-17(11-31-21)14-6-4-3-5-7-14/h3-11,29H,1-2H3,(H,26,28,30). The summed E-state index contributed by atoms with van der Waals surface area (Å²) in [6.45, 7) is 3.73. The van der Waals surface area contributed by atoms with E-state index < -0.39 is 17.1 Å². The molecule has 0 bridgehead atoms. The summed E-state index contributed by atoms with van der Waals surface area (Å²) in [6.07, 6.45) is 1.22. The molecule has 7 nitrogen and oxygen atoms in total. The second-order valence-electron chi connectivity index (χ2n) is 6.79. The molecule has 0 saturated carbocycles. The van der Waals surface area contributed by atoms with E-state index in [2.05, 4.69) is 30.9 Å². The molecule has 0 fully saturated rings. The van der Waals surface area contributed by atoms with Crippen molar-refractivity contribution in [3.63, 3.8) is 0 Å². The smallest absolute Gasteiger partial charge is 0.335 e. The minimum absolute atomic E-state index is 0.129. The molecule has 2 aromatic carbocycles. The first-order valence-corrected chi connectivity index (χ1v) is 10.9. The van der Waals surface area contributed by atoms with Crippen molar-refractivity contribution in [3.05, 3.63) is 89.8 Å². The third kappa shape index (κ3) is 4.01. The molecule has 4 rings (SSSR count). The van der Waals surface area contributed by atoms with Gasteiger partial charge >= 0.3 is 5.69 Å². The molecule has 0 amide bonds. The van der Waals surface area contributed by atoms with Crippen LogP contribution in [-0.2, 0) is 0 Å². The Labute approximate surface area is 189 Å². The molecule has 31 heavy (non-hydrogen) atoms. The first kappa shape index (κ1) is 21.0. The number of halogens is 1. The van der Waals surface area contributed by atoms with E-state index in [4.69, 9.17) is 0 Å². The Morgan fingerprint density at radius 3 is 2.61 bits per heavy atom. The number of aliphatic imine (C=N–C) groups is 1. The summed E-state index contributed by atoms with van der Waals surface area (Å²) in [5.41, 5.74) is 2.30. The van der Waals surface area contributed by atoms with Crippen LogP contribution in [0.2, 0.25) is 0 Å². The zero-order chi connectivity index (χ0) is 22.1. The number of aromatic amines is 1. The van der Waals surface area contributed by atoms with Gasteiger partial charge in [0.1, 0.15) is 5.56 Å². The lowest BCUT2D eigenvalue weighted by molar-refractivity contribution is 0.430. The first-order valence-electron chi connectivity index (χ1n) is 9.26. The molecule has 0 unspecified atom stereocenters. The van der Waals surface area contributed by atoms with E-state index in [0.717, 1.165) is 31.4 Å². The third-order valence-electron chi connectivity index (χ3n) is 4.92. The van der Waals surface area contributed by atoms with Crippen molar-refractivity contribution in [2.45, 2.75) is 13.8 Å². The highest BCUT2D eigenvalue weighted by Gasteiger charge is 2.17. The van der Waals surface area contributed by atoms with Crippen LogP contribution in [0.5, 0.6) is 5.88 Å². The fourth-order valence-corrected chi connectivity index (χ4v) is 4.18. The molecule has 2 N–H and O–H groups in total. The number of aromatic nitrogens is 3. The number of H-pyrrole nitrogens is 1. The normalized spacial score (nSPS) is 11.3. The Morgan fingerprint density at radius 1 is 1.13 bits per heavy atom. The lowest BCUT2D eigenvalue weighted by Crippen LogP contribution is -2.31. The predicted molar refractivity (Wildman–Crippen MR) is 126 cm³/mol. The van der Waals surface area contributed by atoms with E-state index in [9.17, 15) is 14.7 Å². The molecule has 0 radical (unpaired) electrons. The van der Waals surface area contributed by atoms with E-state index in [1.807, 2.05) is 49.6 Å². The maximum atomic E-state index is 12.5. The zero-order valence-electron chi connectivity index (χ0n) is 16.6. The van der Waals surface area contributed by atoms with Gasteiger partial charge in [0.2, 0.25) is 11.0 Å². The van der Waals surface area contributed by atoms with Crippen LogP contribution in [0.25, 0.3) is 16.9 Å². The maximum absolute atomic E-state index is 12.5. The summed E-state index contributed by atoms with van der Waals surface area (Å²) >= 11 is 4.76. The van der Waals surface area contributed by atoms with Crippen LogP contribution in [0.4, 0.5) is 5.13 Å². The first-order chi connectivity index (χ1) is 14.9. The topological polar surface area (TPSA) is 100 Å².